The zero-order valence-corrected chi connectivity index (χ0v) is 9.21. The highest BCUT2D eigenvalue weighted by molar-refractivity contribution is 4.86. The van der Waals surface area contributed by atoms with Crippen molar-refractivity contribution in [3.05, 3.63) is 0 Å². The summed E-state index contributed by atoms with van der Waals surface area (Å²) in [7, 11) is 2.20. The molecule has 0 radical (unpaired) electrons. The van der Waals surface area contributed by atoms with Crippen LogP contribution in [0.4, 0.5) is 0 Å². The first-order chi connectivity index (χ1) is 6.74. The van der Waals surface area contributed by atoms with Gasteiger partial charge >= 0.3 is 0 Å². The van der Waals surface area contributed by atoms with E-state index in [4.69, 9.17) is 5.73 Å². The molecule has 0 aromatic heterocycles. The van der Waals surface area contributed by atoms with Gasteiger partial charge in [-0.05, 0) is 39.3 Å². The lowest BCUT2D eigenvalue weighted by atomic mass is 9.91. The highest BCUT2D eigenvalue weighted by Crippen LogP contribution is 2.18. The summed E-state index contributed by atoms with van der Waals surface area (Å²) in [5, 5.41) is 3.76. The number of likely N-dealkylation sites (N-methyl/N-ethyl adjacent to an activating group) is 1. The molecule has 3 N–H and O–H groups in total. The molecule has 1 heterocycles. The summed E-state index contributed by atoms with van der Waals surface area (Å²) in [4.78, 5) is 2.40. The van der Waals surface area contributed by atoms with Gasteiger partial charge in [0, 0.05) is 24.7 Å². The molecule has 1 aliphatic carbocycles. The van der Waals surface area contributed by atoms with Crippen molar-refractivity contribution >= 4 is 0 Å². The highest BCUT2D eigenvalue weighted by Gasteiger charge is 2.25. The van der Waals surface area contributed by atoms with Crippen LogP contribution < -0.4 is 11.1 Å². The Kier molecular flexibility index (Phi) is 3.42. The molecule has 3 nitrogen and oxygen atoms in total. The maximum atomic E-state index is 5.98. The van der Waals surface area contributed by atoms with Crippen molar-refractivity contribution in [3.8, 4) is 0 Å². The second-order valence-electron chi connectivity index (χ2n) is 5.04. The summed E-state index contributed by atoms with van der Waals surface area (Å²) in [6.07, 6.45) is 6.35. The van der Waals surface area contributed by atoms with E-state index in [1.807, 2.05) is 0 Å². The molecule has 0 bridgehead atoms. The summed E-state index contributed by atoms with van der Waals surface area (Å²) in [5.74, 6) is 0. The van der Waals surface area contributed by atoms with Crippen LogP contribution >= 0.6 is 0 Å². The normalized spacial score (nSPS) is 40.3. The summed E-state index contributed by atoms with van der Waals surface area (Å²) < 4.78 is 0. The maximum absolute atomic E-state index is 5.98. The number of hydrogen-bond donors (Lipinski definition) is 2. The molecule has 0 aromatic carbocycles. The number of nitrogens with zero attached hydrogens (tertiary/aromatic N) is 1. The van der Waals surface area contributed by atoms with Crippen molar-refractivity contribution < 1.29 is 0 Å². The Balaban J connectivity index is 1.74. The van der Waals surface area contributed by atoms with Gasteiger partial charge in [-0.1, -0.05) is 6.42 Å². The van der Waals surface area contributed by atoms with Crippen molar-refractivity contribution in [2.75, 3.05) is 20.1 Å². The van der Waals surface area contributed by atoms with E-state index in [9.17, 15) is 0 Å². The molecule has 2 rings (SSSR count). The largest absolute Gasteiger partial charge is 0.328 e. The number of rotatable bonds is 2. The standard InChI is InChI=1S/C11H23N3/c1-14-6-5-11(8-14)13-10-4-2-3-9(12)7-10/h9-11,13H,2-8,12H2,1H3. The van der Waals surface area contributed by atoms with Gasteiger partial charge < -0.3 is 16.0 Å². The van der Waals surface area contributed by atoms with E-state index in [-0.39, 0.29) is 0 Å². The average molecular weight is 197 g/mol. The van der Waals surface area contributed by atoms with Gasteiger partial charge in [0.15, 0.2) is 0 Å². The second-order valence-corrected chi connectivity index (χ2v) is 5.04. The van der Waals surface area contributed by atoms with Crippen molar-refractivity contribution in [2.24, 2.45) is 5.73 Å². The fourth-order valence-electron chi connectivity index (χ4n) is 2.78. The van der Waals surface area contributed by atoms with Crippen LogP contribution in [0.25, 0.3) is 0 Å². The van der Waals surface area contributed by atoms with Crippen molar-refractivity contribution in [1.82, 2.24) is 10.2 Å². The number of nitrogens with two attached hydrogens (primary N) is 1. The highest BCUT2D eigenvalue weighted by atomic mass is 15.2. The zero-order valence-electron chi connectivity index (χ0n) is 9.21. The van der Waals surface area contributed by atoms with Gasteiger partial charge in [0.25, 0.3) is 0 Å². The molecule has 0 aromatic rings. The Morgan fingerprint density at radius 2 is 2.07 bits per heavy atom. The third-order valence-corrected chi connectivity index (χ3v) is 3.58. The van der Waals surface area contributed by atoms with Crippen LogP contribution in [0, 0.1) is 0 Å². The van der Waals surface area contributed by atoms with Gasteiger partial charge in [0.05, 0.1) is 0 Å². The Bertz CT molecular complexity index is 183. The lowest BCUT2D eigenvalue weighted by Gasteiger charge is -2.29. The first kappa shape index (κ1) is 10.4. The third kappa shape index (κ3) is 2.69. The second kappa shape index (κ2) is 4.60. The number of likely N-dealkylation sites (tertiary alicyclic amines) is 1. The number of nitrogens with one attached hydrogen (secondary N) is 1. The molecule has 1 aliphatic heterocycles. The first-order valence-corrected chi connectivity index (χ1v) is 5.94. The molecule has 2 aliphatic rings. The van der Waals surface area contributed by atoms with Crippen molar-refractivity contribution in [2.45, 2.75) is 50.2 Å². The molecule has 1 saturated carbocycles. The Morgan fingerprint density at radius 1 is 1.21 bits per heavy atom. The third-order valence-electron chi connectivity index (χ3n) is 3.58. The summed E-state index contributed by atoms with van der Waals surface area (Å²) >= 11 is 0. The van der Waals surface area contributed by atoms with E-state index in [0.717, 1.165) is 6.04 Å². The smallest absolute Gasteiger partial charge is 0.0209 e. The maximum Gasteiger partial charge on any atom is 0.0209 e. The molecule has 0 spiro atoms. The minimum absolute atomic E-state index is 0.445. The SMILES string of the molecule is CN1CCC(NC2CCCC(N)C2)C1. The van der Waals surface area contributed by atoms with Gasteiger partial charge in [0.2, 0.25) is 0 Å². The first-order valence-electron chi connectivity index (χ1n) is 5.94. The Morgan fingerprint density at radius 3 is 2.71 bits per heavy atom. The Hall–Kier alpha value is -0.120. The summed E-state index contributed by atoms with van der Waals surface area (Å²) in [6.45, 7) is 2.46. The molecule has 3 atom stereocenters. The monoisotopic (exact) mass is 197 g/mol. The fraction of sp³-hybridized carbons (Fsp3) is 1.00. The van der Waals surface area contributed by atoms with E-state index < -0.39 is 0 Å². The fourth-order valence-corrected chi connectivity index (χ4v) is 2.78. The van der Waals surface area contributed by atoms with Gasteiger partial charge in [-0.3, -0.25) is 0 Å². The molecule has 3 unspecified atom stereocenters. The van der Waals surface area contributed by atoms with E-state index in [2.05, 4.69) is 17.3 Å². The van der Waals surface area contributed by atoms with Gasteiger partial charge in [0.1, 0.15) is 0 Å². The lowest BCUT2D eigenvalue weighted by Crippen LogP contribution is -2.45. The van der Waals surface area contributed by atoms with Crippen LogP contribution in [0.3, 0.4) is 0 Å². The minimum atomic E-state index is 0.445. The van der Waals surface area contributed by atoms with Gasteiger partial charge in [-0.2, -0.15) is 0 Å². The minimum Gasteiger partial charge on any atom is -0.328 e. The lowest BCUT2D eigenvalue weighted by molar-refractivity contribution is 0.306. The van der Waals surface area contributed by atoms with E-state index in [1.165, 1.54) is 45.2 Å². The quantitative estimate of drug-likeness (QED) is 0.679. The van der Waals surface area contributed by atoms with Crippen LogP contribution in [0.5, 0.6) is 0 Å². The molecule has 82 valence electrons. The molecule has 0 amide bonds. The van der Waals surface area contributed by atoms with Crippen LogP contribution in [0.15, 0.2) is 0 Å². The zero-order chi connectivity index (χ0) is 9.97. The van der Waals surface area contributed by atoms with E-state index >= 15 is 0 Å². The van der Waals surface area contributed by atoms with Crippen LogP contribution in [-0.2, 0) is 0 Å². The van der Waals surface area contributed by atoms with Crippen LogP contribution in [0.1, 0.15) is 32.1 Å². The van der Waals surface area contributed by atoms with Crippen molar-refractivity contribution in [1.29, 1.82) is 0 Å². The Labute approximate surface area is 87.0 Å². The number of hydrogen-bond acceptors (Lipinski definition) is 3. The predicted octanol–water partition coefficient (Wildman–Crippen LogP) is 0.550. The predicted molar refractivity (Wildman–Crippen MR) is 59.3 cm³/mol. The molecule has 1 saturated heterocycles. The molecular weight excluding hydrogens is 174 g/mol. The molecular formula is C11H23N3. The summed E-state index contributed by atoms with van der Waals surface area (Å²) in [5.41, 5.74) is 5.98. The molecule has 14 heavy (non-hydrogen) atoms. The van der Waals surface area contributed by atoms with Gasteiger partial charge in [-0.15, -0.1) is 0 Å². The summed E-state index contributed by atoms with van der Waals surface area (Å²) in [6, 6.07) is 1.85. The van der Waals surface area contributed by atoms with Crippen LogP contribution in [-0.4, -0.2) is 43.2 Å². The van der Waals surface area contributed by atoms with Crippen molar-refractivity contribution in [3.63, 3.8) is 0 Å². The van der Waals surface area contributed by atoms with E-state index in [1.54, 1.807) is 0 Å². The molecule has 2 fully saturated rings. The van der Waals surface area contributed by atoms with Gasteiger partial charge in [-0.25, -0.2) is 0 Å². The van der Waals surface area contributed by atoms with E-state index in [0.29, 0.717) is 12.1 Å². The topological polar surface area (TPSA) is 41.3 Å². The average Bonchev–Trinajstić information content (AvgIpc) is 2.51. The molecule has 3 heteroatoms. The van der Waals surface area contributed by atoms with Crippen LogP contribution in [0.2, 0.25) is 0 Å².